The molecule has 3 heterocycles. The molecule has 17 heavy (non-hydrogen) atoms. The molecule has 1 atom stereocenters. The summed E-state index contributed by atoms with van der Waals surface area (Å²) >= 11 is 1.51. The molecule has 1 unspecified atom stereocenters. The first kappa shape index (κ1) is 10.2. The van der Waals surface area contributed by atoms with Crippen LogP contribution in [-0.2, 0) is 0 Å². The highest BCUT2D eigenvalue weighted by molar-refractivity contribution is 7.07. The van der Waals surface area contributed by atoms with E-state index in [0.717, 1.165) is 5.69 Å². The molecule has 2 aromatic heterocycles. The Morgan fingerprint density at radius 1 is 1.53 bits per heavy atom. The van der Waals surface area contributed by atoms with Crippen LogP contribution in [0.2, 0.25) is 0 Å². The van der Waals surface area contributed by atoms with Crippen LogP contribution in [0.3, 0.4) is 0 Å². The number of carbonyl (C=O) groups is 1. The predicted octanol–water partition coefficient (Wildman–Crippen LogP) is 1.74. The van der Waals surface area contributed by atoms with Crippen molar-refractivity contribution in [2.45, 2.75) is 12.5 Å². The van der Waals surface area contributed by atoms with Crippen molar-refractivity contribution in [3.8, 4) is 0 Å². The number of rotatable bonds is 1. The fraction of sp³-hybridized carbons (Fsp3) is 0.200. The van der Waals surface area contributed by atoms with Crippen molar-refractivity contribution in [3.05, 3.63) is 35.3 Å². The summed E-state index contributed by atoms with van der Waals surface area (Å²) in [6.07, 6.45) is 7.07. The van der Waals surface area contributed by atoms with E-state index >= 15 is 0 Å². The van der Waals surface area contributed by atoms with Gasteiger partial charge < -0.3 is 0 Å². The van der Waals surface area contributed by atoms with Crippen LogP contribution in [0.1, 0.15) is 18.2 Å². The summed E-state index contributed by atoms with van der Waals surface area (Å²) in [6, 6.07) is -0.314. The fourth-order valence-electron chi connectivity index (χ4n) is 1.72. The lowest BCUT2D eigenvalue weighted by Crippen LogP contribution is -2.30. The van der Waals surface area contributed by atoms with Crippen LogP contribution in [-0.4, -0.2) is 31.8 Å². The number of amides is 1. The Labute approximate surface area is 101 Å². The minimum Gasteiger partial charge on any atom is -0.257 e. The van der Waals surface area contributed by atoms with E-state index in [0.29, 0.717) is 6.42 Å². The van der Waals surface area contributed by atoms with Crippen molar-refractivity contribution >= 4 is 23.6 Å². The summed E-state index contributed by atoms with van der Waals surface area (Å²) < 4.78 is 1.40. The van der Waals surface area contributed by atoms with Gasteiger partial charge in [-0.25, -0.2) is 19.8 Å². The molecule has 0 radical (unpaired) electrons. The van der Waals surface area contributed by atoms with Crippen molar-refractivity contribution in [1.29, 1.82) is 0 Å². The highest BCUT2D eigenvalue weighted by Gasteiger charge is 2.30. The van der Waals surface area contributed by atoms with E-state index in [1.54, 1.807) is 24.1 Å². The second-order valence-corrected chi connectivity index (χ2v) is 4.28. The van der Waals surface area contributed by atoms with Gasteiger partial charge in [-0.05, 0) is 0 Å². The smallest absolute Gasteiger partial charge is 0.257 e. The Balaban J connectivity index is 1.87. The maximum atomic E-state index is 12.1. The molecular formula is C10H9N5OS. The van der Waals surface area contributed by atoms with Crippen LogP contribution >= 0.6 is 11.3 Å². The number of hydrogen-bond acceptors (Lipinski definition) is 5. The molecule has 0 aromatic carbocycles. The molecular weight excluding hydrogens is 238 g/mol. The summed E-state index contributed by atoms with van der Waals surface area (Å²) in [5, 5.41) is 7.48. The fourth-order valence-corrected chi connectivity index (χ4v) is 2.32. The largest absolute Gasteiger partial charge is 0.350 e. The molecule has 0 fully saturated rings. The van der Waals surface area contributed by atoms with E-state index in [9.17, 15) is 4.79 Å². The van der Waals surface area contributed by atoms with E-state index < -0.39 is 0 Å². The summed E-state index contributed by atoms with van der Waals surface area (Å²) in [5.41, 5.74) is 2.63. The van der Waals surface area contributed by atoms with Gasteiger partial charge in [-0.15, -0.1) is 11.3 Å². The minimum atomic E-state index is -0.214. The van der Waals surface area contributed by atoms with Crippen LogP contribution in [0.4, 0.5) is 4.79 Å². The molecule has 86 valence electrons. The zero-order valence-corrected chi connectivity index (χ0v) is 9.62. The Hall–Kier alpha value is -2.02. The van der Waals surface area contributed by atoms with Crippen molar-refractivity contribution in [3.63, 3.8) is 0 Å². The minimum absolute atomic E-state index is 0.101. The van der Waals surface area contributed by atoms with Crippen molar-refractivity contribution < 1.29 is 4.79 Å². The first-order valence-electron chi connectivity index (χ1n) is 5.08. The zero-order chi connectivity index (χ0) is 11.7. The van der Waals surface area contributed by atoms with Crippen LogP contribution in [0.15, 0.2) is 34.7 Å². The Bertz CT molecular complexity index is 533. The summed E-state index contributed by atoms with van der Waals surface area (Å²) in [7, 11) is 0. The topological polar surface area (TPSA) is 63.4 Å². The van der Waals surface area contributed by atoms with Crippen LogP contribution in [0.25, 0.3) is 0 Å². The van der Waals surface area contributed by atoms with E-state index in [-0.39, 0.29) is 12.1 Å². The molecule has 0 saturated carbocycles. The Morgan fingerprint density at radius 3 is 3.18 bits per heavy atom. The van der Waals surface area contributed by atoms with Gasteiger partial charge in [0.05, 0.1) is 11.2 Å². The van der Waals surface area contributed by atoms with Crippen LogP contribution < -0.4 is 0 Å². The number of carbonyl (C=O) groups excluding carboxylic acids is 1. The standard InChI is InChI=1S/C10H9N5OS/c16-10(14-4-3-11-6-14)15-9(1-2-13-15)8-5-17-7-12-8/h2-7,9H,1H2. The quantitative estimate of drug-likeness (QED) is 0.771. The van der Waals surface area contributed by atoms with E-state index in [4.69, 9.17) is 0 Å². The average molecular weight is 247 g/mol. The van der Waals surface area contributed by atoms with Gasteiger partial charge in [-0.2, -0.15) is 5.10 Å². The SMILES string of the molecule is O=C(N1N=CCC1c1cscn1)n1ccnc1. The van der Waals surface area contributed by atoms with Gasteiger partial charge in [-0.3, -0.25) is 4.57 Å². The highest BCUT2D eigenvalue weighted by Crippen LogP contribution is 2.28. The molecule has 0 saturated heterocycles. The molecule has 6 nitrogen and oxygen atoms in total. The lowest BCUT2D eigenvalue weighted by Gasteiger charge is -2.19. The molecule has 0 aliphatic carbocycles. The molecule has 0 bridgehead atoms. The van der Waals surface area contributed by atoms with Gasteiger partial charge in [0.15, 0.2) is 0 Å². The first-order valence-corrected chi connectivity index (χ1v) is 6.02. The summed E-state index contributed by atoms with van der Waals surface area (Å²) in [5.74, 6) is 0. The molecule has 1 aliphatic rings. The maximum absolute atomic E-state index is 12.1. The van der Waals surface area contributed by atoms with Gasteiger partial charge in [0, 0.05) is 30.4 Å². The highest BCUT2D eigenvalue weighted by atomic mass is 32.1. The lowest BCUT2D eigenvalue weighted by molar-refractivity contribution is 0.187. The van der Waals surface area contributed by atoms with Crippen LogP contribution in [0.5, 0.6) is 0 Å². The van der Waals surface area contributed by atoms with E-state index in [1.165, 1.54) is 27.2 Å². The normalized spacial score (nSPS) is 18.8. The molecule has 1 amide bonds. The summed E-state index contributed by atoms with van der Waals surface area (Å²) in [6.45, 7) is 0. The third-order valence-electron chi connectivity index (χ3n) is 2.54. The average Bonchev–Trinajstić information content (AvgIpc) is 3.09. The first-order chi connectivity index (χ1) is 8.36. The number of aromatic nitrogens is 3. The summed E-state index contributed by atoms with van der Waals surface area (Å²) in [4.78, 5) is 20.2. The molecule has 7 heteroatoms. The van der Waals surface area contributed by atoms with E-state index in [2.05, 4.69) is 15.1 Å². The second kappa shape index (κ2) is 4.10. The third kappa shape index (κ3) is 1.74. The molecule has 3 rings (SSSR count). The predicted molar refractivity (Wildman–Crippen MR) is 62.8 cm³/mol. The van der Waals surface area contributed by atoms with Gasteiger partial charge in [0.2, 0.25) is 0 Å². The van der Waals surface area contributed by atoms with E-state index in [1.807, 2.05) is 5.38 Å². The Kier molecular flexibility index (Phi) is 2.45. The van der Waals surface area contributed by atoms with Gasteiger partial charge in [-0.1, -0.05) is 0 Å². The second-order valence-electron chi connectivity index (χ2n) is 3.56. The van der Waals surface area contributed by atoms with Crippen molar-refractivity contribution in [1.82, 2.24) is 19.5 Å². The van der Waals surface area contributed by atoms with Crippen molar-refractivity contribution in [2.75, 3.05) is 0 Å². The number of hydrogen-bond donors (Lipinski definition) is 0. The van der Waals surface area contributed by atoms with Crippen molar-refractivity contribution in [2.24, 2.45) is 5.10 Å². The zero-order valence-electron chi connectivity index (χ0n) is 8.80. The van der Waals surface area contributed by atoms with Gasteiger partial charge in [0.25, 0.3) is 0 Å². The van der Waals surface area contributed by atoms with Gasteiger partial charge in [0.1, 0.15) is 12.4 Å². The number of nitrogens with zero attached hydrogens (tertiary/aromatic N) is 5. The third-order valence-corrected chi connectivity index (χ3v) is 3.15. The van der Waals surface area contributed by atoms with Gasteiger partial charge >= 0.3 is 6.03 Å². The number of hydrazone groups is 1. The lowest BCUT2D eigenvalue weighted by atomic mass is 10.2. The van der Waals surface area contributed by atoms with Crippen LogP contribution in [0, 0.1) is 0 Å². The maximum Gasteiger partial charge on any atom is 0.350 e. The molecule has 1 aliphatic heterocycles. The molecule has 0 spiro atoms. The molecule has 0 N–H and O–H groups in total. The monoisotopic (exact) mass is 247 g/mol. The Morgan fingerprint density at radius 2 is 2.47 bits per heavy atom. The number of imidazole rings is 1. The molecule has 2 aromatic rings. The number of thiazole rings is 1.